The minimum Gasteiger partial charge on any atom is -0.341 e. The number of hydrogen-bond acceptors (Lipinski definition) is 5. The molecule has 1 N–H and O–H groups in total. The summed E-state index contributed by atoms with van der Waals surface area (Å²) in [6.07, 6.45) is -4.61. The molecule has 0 aliphatic carbocycles. The summed E-state index contributed by atoms with van der Waals surface area (Å²) in [5.74, 6) is -0.144. The number of hydrogen-bond donors (Lipinski definition) is 1. The maximum atomic E-state index is 12.9. The summed E-state index contributed by atoms with van der Waals surface area (Å²) >= 11 is 2.92. The molecule has 32 heavy (non-hydrogen) atoms. The molecule has 3 heterocycles. The van der Waals surface area contributed by atoms with E-state index < -0.39 is 11.7 Å². The Morgan fingerprint density at radius 1 is 1.22 bits per heavy atom. The maximum Gasteiger partial charge on any atom is 0.416 e. The lowest BCUT2D eigenvalue weighted by Gasteiger charge is -2.18. The van der Waals surface area contributed by atoms with Crippen LogP contribution in [0, 0.1) is 6.92 Å². The van der Waals surface area contributed by atoms with Crippen molar-refractivity contribution in [2.24, 2.45) is 0 Å². The Bertz CT molecular complexity index is 1350. The molecule has 0 aliphatic rings. The van der Waals surface area contributed by atoms with E-state index in [0.717, 1.165) is 27.5 Å². The summed E-state index contributed by atoms with van der Waals surface area (Å²) in [5.41, 5.74) is 0.0977. The topological polar surface area (TPSA) is 66.1 Å². The largest absolute Gasteiger partial charge is 0.416 e. The fourth-order valence-corrected chi connectivity index (χ4v) is 5.25. The van der Waals surface area contributed by atoms with Crippen molar-refractivity contribution in [2.45, 2.75) is 26.1 Å². The smallest absolute Gasteiger partial charge is 0.341 e. The van der Waals surface area contributed by atoms with Crippen molar-refractivity contribution in [3.63, 3.8) is 0 Å². The van der Waals surface area contributed by atoms with Crippen LogP contribution in [0.25, 0.3) is 20.7 Å². The standard InChI is InChI=1S/C22H18F3N3O2S2/c1-12-6-7-16(32-12)15-11-31-21-19(15)20(30)26-17(27-21)9-18(29)28(2)10-13-4-3-5-14(8-13)22(23,24)25/h3-8,11H,9-10H2,1-2H3,(H,26,27,30). The number of amides is 1. The number of nitrogens with zero attached hydrogens (tertiary/aromatic N) is 2. The van der Waals surface area contributed by atoms with Crippen molar-refractivity contribution < 1.29 is 18.0 Å². The van der Waals surface area contributed by atoms with Crippen LogP contribution < -0.4 is 5.56 Å². The molecule has 0 saturated carbocycles. The van der Waals surface area contributed by atoms with Crippen LogP contribution in [0.3, 0.4) is 0 Å². The molecular formula is C22H18F3N3O2S2. The zero-order valence-electron chi connectivity index (χ0n) is 17.1. The highest BCUT2D eigenvalue weighted by Crippen LogP contribution is 2.35. The summed E-state index contributed by atoms with van der Waals surface area (Å²) in [6, 6.07) is 8.80. The number of benzene rings is 1. The third-order valence-corrected chi connectivity index (χ3v) is 6.82. The van der Waals surface area contributed by atoms with E-state index >= 15 is 0 Å². The van der Waals surface area contributed by atoms with Gasteiger partial charge in [-0.2, -0.15) is 13.2 Å². The highest BCUT2D eigenvalue weighted by atomic mass is 32.1. The van der Waals surface area contributed by atoms with E-state index in [0.29, 0.717) is 15.8 Å². The number of carbonyl (C=O) groups is 1. The molecule has 0 spiro atoms. The molecule has 166 valence electrons. The van der Waals surface area contributed by atoms with Gasteiger partial charge in [0, 0.05) is 34.3 Å². The molecular weight excluding hydrogens is 459 g/mol. The minimum absolute atomic E-state index is 0.0100. The third-order valence-electron chi connectivity index (χ3n) is 4.92. The summed E-state index contributed by atoms with van der Waals surface area (Å²) < 4.78 is 38.7. The number of halogens is 3. The van der Waals surface area contributed by atoms with Gasteiger partial charge in [-0.15, -0.1) is 22.7 Å². The first-order valence-corrected chi connectivity index (χ1v) is 11.3. The van der Waals surface area contributed by atoms with Crippen LogP contribution >= 0.6 is 22.7 Å². The zero-order valence-corrected chi connectivity index (χ0v) is 18.7. The van der Waals surface area contributed by atoms with Crippen molar-refractivity contribution in [3.8, 4) is 10.4 Å². The predicted molar refractivity (Wildman–Crippen MR) is 120 cm³/mol. The lowest BCUT2D eigenvalue weighted by molar-refractivity contribution is -0.137. The van der Waals surface area contributed by atoms with E-state index in [2.05, 4.69) is 9.97 Å². The summed E-state index contributed by atoms with van der Waals surface area (Å²) in [6.45, 7) is 2.00. The normalized spacial score (nSPS) is 11.8. The number of alkyl halides is 3. The van der Waals surface area contributed by atoms with Gasteiger partial charge in [-0.3, -0.25) is 9.59 Å². The van der Waals surface area contributed by atoms with E-state index in [-0.39, 0.29) is 30.3 Å². The summed E-state index contributed by atoms with van der Waals surface area (Å²) in [7, 11) is 1.50. The van der Waals surface area contributed by atoms with Crippen LogP contribution in [0.1, 0.15) is 21.8 Å². The number of nitrogens with one attached hydrogen (secondary N) is 1. The van der Waals surface area contributed by atoms with E-state index in [9.17, 15) is 22.8 Å². The number of fused-ring (bicyclic) bond motifs is 1. The summed E-state index contributed by atoms with van der Waals surface area (Å²) in [5, 5.41) is 2.37. The first-order valence-electron chi connectivity index (χ1n) is 9.59. The zero-order chi connectivity index (χ0) is 23.0. The van der Waals surface area contributed by atoms with Crippen molar-refractivity contribution in [3.05, 3.63) is 74.0 Å². The van der Waals surface area contributed by atoms with Crippen molar-refractivity contribution in [1.82, 2.24) is 14.9 Å². The Balaban J connectivity index is 1.52. The van der Waals surface area contributed by atoms with Crippen molar-refractivity contribution >= 4 is 38.8 Å². The number of likely N-dealkylation sites (N-methyl/N-ethyl adjacent to an activating group) is 1. The molecule has 1 aromatic carbocycles. The third kappa shape index (κ3) is 4.61. The van der Waals surface area contributed by atoms with Gasteiger partial charge in [0.1, 0.15) is 10.7 Å². The molecule has 0 fully saturated rings. The Labute approximate surface area is 189 Å². The molecule has 0 aliphatic heterocycles. The number of rotatable bonds is 5. The Morgan fingerprint density at radius 3 is 2.69 bits per heavy atom. The minimum atomic E-state index is -4.45. The van der Waals surface area contributed by atoms with Crippen LogP contribution in [-0.4, -0.2) is 27.8 Å². The van der Waals surface area contributed by atoms with E-state index in [4.69, 9.17) is 0 Å². The van der Waals surface area contributed by atoms with Crippen molar-refractivity contribution in [2.75, 3.05) is 7.05 Å². The maximum absolute atomic E-state index is 12.9. The van der Waals surface area contributed by atoms with Gasteiger partial charge in [-0.1, -0.05) is 12.1 Å². The van der Waals surface area contributed by atoms with Crippen LogP contribution in [0.5, 0.6) is 0 Å². The molecule has 5 nitrogen and oxygen atoms in total. The second-order valence-corrected chi connectivity index (χ2v) is 9.52. The molecule has 0 bridgehead atoms. The molecule has 1 amide bonds. The fraction of sp³-hybridized carbons (Fsp3) is 0.227. The first-order chi connectivity index (χ1) is 15.1. The van der Waals surface area contributed by atoms with Gasteiger partial charge in [0.25, 0.3) is 5.56 Å². The molecule has 0 unspecified atom stereocenters. The highest BCUT2D eigenvalue weighted by molar-refractivity contribution is 7.19. The average Bonchev–Trinajstić information content (AvgIpc) is 3.33. The number of H-pyrrole nitrogens is 1. The number of aromatic amines is 1. The van der Waals surface area contributed by atoms with Gasteiger partial charge in [0.2, 0.25) is 5.91 Å². The van der Waals surface area contributed by atoms with Crippen LogP contribution in [0.2, 0.25) is 0 Å². The predicted octanol–water partition coefficient (Wildman–Crippen LogP) is 5.24. The lowest BCUT2D eigenvalue weighted by atomic mass is 10.1. The Morgan fingerprint density at radius 2 is 2.00 bits per heavy atom. The SMILES string of the molecule is Cc1ccc(-c2csc3nc(CC(=O)N(C)Cc4cccc(C(F)(F)F)c4)[nH]c(=O)c23)s1. The van der Waals surface area contributed by atoms with Crippen molar-refractivity contribution in [1.29, 1.82) is 0 Å². The Kier molecular flexibility index (Phi) is 5.91. The van der Waals surface area contributed by atoms with Gasteiger partial charge in [-0.05, 0) is 36.8 Å². The second-order valence-electron chi connectivity index (χ2n) is 7.38. The lowest BCUT2D eigenvalue weighted by Crippen LogP contribution is -2.29. The molecule has 0 radical (unpaired) electrons. The van der Waals surface area contributed by atoms with Gasteiger partial charge >= 0.3 is 6.18 Å². The molecule has 0 saturated heterocycles. The quantitative estimate of drug-likeness (QED) is 0.427. The number of aromatic nitrogens is 2. The van der Waals surface area contributed by atoms with Crippen LogP contribution in [0.4, 0.5) is 13.2 Å². The highest BCUT2D eigenvalue weighted by Gasteiger charge is 2.30. The second kappa shape index (κ2) is 8.51. The van der Waals surface area contributed by atoms with Crippen LogP contribution in [-0.2, 0) is 23.9 Å². The number of thiophene rings is 2. The monoisotopic (exact) mass is 477 g/mol. The van der Waals surface area contributed by atoms with Gasteiger partial charge in [0.15, 0.2) is 0 Å². The van der Waals surface area contributed by atoms with Gasteiger partial charge in [0.05, 0.1) is 17.4 Å². The molecule has 4 rings (SSSR count). The molecule has 0 atom stereocenters. The molecule has 3 aromatic heterocycles. The Hall–Kier alpha value is -2.98. The molecule has 10 heteroatoms. The van der Waals surface area contributed by atoms with E-state index in [1.165, 1.54) is 35.4 Å². The number of carbonyl (C=O) groups excluding carboxylic acids is 1. The fourth-order valence-electron chi connectivity index (χ4n) is 3.32. The average molecular weight is 478 g/mol. The van der Waals surface area contributed by atoms with Crippen LogP contribution in [0.15, 0.2) is 46.6 Å². The first kappa shape index (κ1) is 22.2. The number of aryl methyl sites for hydroxylation is 1. The van der Waals surface area contributed by atoms with Gasteiger partial charge < -0.3 is 9.88 Å². The van der Waals surface area contributed by atoms with Gasteiger partial charge in [-0.25, -0.2) is 4.98 Å². The van der Waals surface area contributed by atoms with E-state index in [1.54, 1.807) is 11.3 Å². The summed E-state index contributed by atoms with van der Waals surface area (Å²) in [4.78, 5) is 36.4. The molecule has 4 aromatic rings. The van der Waals surface area contributed by atoms with E-state index in [1.807, 2.05) is 24.4 Å².